The molecule has 0 aromatic heterocycles. The van der Waals surface area contributed by atoms with Gasteiger partial charge in [0.25, 0.3) is 0 Å². The number of anilines is 1. The molecule has 1 aromatic rings. The standard InChI is InChI=1S/C12H7ClF4N2O3/c1-19(12(15,16)17)10(21)2-3-18(11(19)22)8-5-9(20)6(13)4-7(8)14/h2-5H,1H3/p+1. The van der Waals surface area contributed by atoms with E-state index in [1.165, 1.54) is 0 Å². The molecule has 1 aromatic carbocycles. The van der Waals surface area contributed by atoms with Crippen molar-refractivity contribution >= 4 is 29.2 Å². The highest BCUT2D eigenvalue weighted by molar-refractivity contribution is 6.32. The van der Waals surface area contributed by atoms with Gasteiger partial charge in [-0.25, -0.2) is 18.9 Å². The number of imide groups is 1. The van der Waals surface area contributed by atoms with Gasteiger partial charge in [-0.2, -0.15) is 0 Å². The van der Waals surface area contributed by atoms with Crippen molar-refractivity contribution in [2.45, 2.75) is 6.30 Å². The van der Waals surface area contributed by atoms with E-state index in [0.29, 0.717) is 36.4 Å². The molecule has 2 rings (SSSR count). The van der Waals surface area contributed by atoms with Gasteiger partial charge in [-0.1, -0.05) is 16.1 Å². The Kier molecular flexibility index (Phi) is 3.66. The maximum absolute atomic E-state index is 13.8. The van der Waals surface area contributed by atoms with Crippen LogP contribution in [-0.2, 0) is 4.79 Å². The summed E-state index contributed by atoms with van der Waals surface area (Å²) in [5.41, 5.74) is -0.663. The van der Waals surface area contributed by atoms with Gasteiger partial charge >= 0.3 is 18.2 Å². The summed E-state index contributed by atoms with van der Waals surface area (Å²) >= 11 is 5.46. The zero-order chi connectivity index (χ0) is 16.9. The summed E-state index contributed by atoms with van der Waals surface area (Å²) in [5.74, 6) is -3.28. The van der Waals surface area contributed by atoms with E-state index in [2.05, 4.69) is 0 Å². The Labute approximate surface area is 126 Å². The number of carbonyl (C=O) groups is 2. The molecule has 1 atom stereocenters. The lowest BCUT2D eigenvalue weighted by Gasteiger charge is -2.34. The van der Waals surface area contributed by atoms with Gasteiger partial charge in [0.2, 0.25) is 0 Å². The van der Waals surface area contributed by atoms with Crippen LogP contribution in [0.2, 0.25) is 5.02 Å². The van der Waals surface area contributed by atoms with Crippen molar-refractivity contribution in [2.24, 2.45) is 0 Å². The first kappa shape index (κ1) is 16.2. The topological polar surface area (TPSA) is 57.6 Å². The number of quaternary nitrogens is 1. The zero-order valence-electron chi connectivity index (χ0n) is 10.9. The average Bonchev–Trinajstić information content (AvgIpc) is 2.40. The van der Waals surface area contributed by atoms with Gasteiger partial charge in [-0.3, -0.25) is 0 Å². The number of nitrogens with zero attached hydrogens (tertiary/aromatic N) is 2. The largest absolute Gasteiger partial charge is 0.577 e. The maximum atomic E-state index is 13.8. The fourth-order valence-corrected chi connectivity index (χ4v) is 1.94. The number of rotatable bonds is 1. The molecule has 118 valence electrons. The van der Waals surface area contributed by atoms with Crippen LogP contribution in [0.5, 0.6) is 5.75 Å². The van der Waals surface area contributed by atoms with Gasteiger partial charge in [0.15, 0.2) is 0 Å². The minimum absolute atomic E-state index is 0.292. The second-order valence-electron chi connectivity index (χ2n) is 4.54. The molecular formula is C12H8ClF4N2O3+. The summed E-state index contributed by atoms with van der Waals surface area (Å²) in [5, 5.41) is 9.05. The minimum atomic E-state index is -5.22. The summed E-state index contributed by atoms with van der Waals surface area (Å²) < 4.78 is 50.5. The van der Waals surface area contributed by atoms with E-state index >= 15 is 0 Å². The number of alkyl halides is 3. The van der Waals surface area contributed by atoms with Crippen LogP contribution in [0.3, 0.4) is 0 Å². The molecule has 1 heterocycles. The first-order valence-electron chi connectivity index (χ1n) is 5.68. The lowest BCUT2D eigenvalue weighted by atomic mass is 10.2. The van der Waals surface area contributed by atoms with E-state index in [1.54, 1.807) is 0 Å². The van der Waals surface area contributed by atoms with E-state index in [0.717, 1.165) is 0 Å². The molecule has 1 aliphatic heterocycles. The van der Waals surface area contributed by atoms with Crippen LogP contribution in [0.1, 0.15) is 0 Å². The van der Waals surface area contributed by atoms with Crippen molar-refractivity contribution in [1.82, 2.24) is 0 Å². The lowest BCUT2D eigenvalue weighted by Crippen LogP contribution is -2.67. The predicted molar refractivity (Wildman–Crippen MR) is 67.3 cm³/mol. The van der Waals surface area contributed by atoms with Gasteiger partial charge in [0.05, 0.1) is 23.8 Å². The van der Waals surface area contributed by atoms with Crippen molar-refractivity contribution in [3.8, 4) is 5.75 Å². The molecule has 5 nitrogen and oxygen atoms in total. The van der Waals surface area contributed by atoms with E-state index in [9.17, 15) is 32.3 Å². The monoisotopic (exact) mass is 339 g/mol. The highest BCUT2D eigenvalue weighted by atomic mass is 35.5. The normalized spacial score (nSPS) is 22.4. The van der Waals surface area contributed by atoms with Gasteiger partial charge in [0, 0.05) is 12.3 Å². The fourth-order valence-electron chi connectivity index (χ4n) is 1.79. The molecule has 10 heteroatoms. The minimum Gasteiger partial charge on any atom is -0.506 e. The van der Waals surface area contributed by atoms with Gasteiger partial charge in [-0.05, 0) is 6.07 Å². The first-order valence-corrected chi connectivity index (χ1v) is 6.05. The van der Waals surface area contributed by atoms with Gasteiger partial charge < -0.3 is 5.11 Å². The fraction of sp³-hybridized carbons (Fsp3) is 0.167. The quantitative estimate of drug-likeness (QED) is 0.486. The predicted octanol–water partition coefficient (Wildman–Crippen LogP) is 3.13. The Hall–Kier alpha value is -2.13. The van der Waals surface area contributed by atoms with E-state index < -0.39 is 40.0 Å². The number of urea groups is 1. The number of aromatic hydroxyl groups is 1. The Balaban J connectivity index is 2.60. The second kappa shape index (κ2) is 4.96. The Bertz CT molecular complexity index is 704. The molecule has 0 saturated carbocycles. The second-order valence-corrected chi connectivity index (χ2v) is 4.94. The van der Waals surface area contributed by atoms with E-state index in [-0.39, 0.29) is 5.02 Å². The molecule has 22 heavy (non-hydrogen) atoms. The lowest BCUT2D eigenvalue weighted by molar-refractivity contribution is -0.879. The molecule has 0 saturated heterocycles. The number of benzene rings is 1. The molecule has 3 amide bonds. The molecule has 0 radical (unpaired) electrons. The summed E-state index contributed by atoms with van der Waals surface area (Å²) in [7, 11) is 0.356. The molecule has 1 unspecified atom stereocenters. The highest BCUT2D eigenvalue weighted by Gasteiger charge is 2.65. The van der Waals surface area contributed by atoms with Crippen LogP contribution < -0.4 is 4.90 Å². The van der Waals surface area contributed by atoms with Crippen LogP contribution in [0.15, 0.2) is 24.4 Å². The number of hydrogen-bond donors (Lipinski definition) is 1. The number of hydrogen-bond acceptors (Lipinski definition) is 3. The van der Waals surface area contributed by atoms with E-state index in [4.69, 9.17) is 11.6 Å². The van der Waals surface area contributed by atoms with Crippen LogP contribution in [-0.4, -0.2) is 34.9 Å². The molecule has 0 spiro atoms. The highest BCUT2D eigenvalue weighted by Crippen LogP contribution is 2.38. The number of amides is 3. The third-order valence-electron chi connectivity index (χ3n) is 3.18. The summed E-state index contributed by atoms with van der Waals surface area (Å²) in [6.45, 7) is 0. The van der Waals surface area contributed by atoms with Crippen LogP contribution in [0.4, 0.5) is 28.0 Å². The molecule has 1 N–H and O–H groups in total. The molecule has 0 fully saturated rings. The SMILES string of the molecule is C[N+]1(C(F)(F)F)C(=O)C=CN(c2cc(O)c(Cl)cc2F)C1=O. The summed E-state index contributed by atoms with van der Waals surface area (Å²) in [4.78, 5) is 23.9. The van der Waals surface area contributed by atoms with Crippen molar-refractivity contribution in [2.75, 3.05) is 11.9 Å². The molecule has 0 bridgehead atoms. The van der Waals surface area contributed by atoms with Gasteiger partial charge in [-0.15, -0.1) is 13.2 Å². The number of phenols is 1. The Morgan fingerprint density at radius 2 is 1.86 bits per heavy atom. The number of likely N-dealkylation sites (N-methyl/N-ethyl adjacent to an activating group) is 1. The molecule has 1 aliphatic rings. The Morgan fingerprint density at radius 3 is 2.41 bits per heavy atom. The summed E-state index contributed by atoms with van der Waals surface area (Å²) in [6, 6.07) is -0.404. The number of carbonyl (C=O) groups excluding carboxylic acids is 2. The van der Waals surface area contributed by atoms with Crippen LogP contribution in [0.25, 0.3) is 0 Å². The Morgan fingerprint density at radius 1 is 1.27 bits per heavy atom. The van der Waals surface area contributed by atoms with Crippen molar-refractivity contribution < 1.29 is 36.7 Å². The third-order valence-corrected chi connectivity index (χ3v) is 3.48. The maximum Gasteiger partial charge on any atom is 0.577 e. The van der Waals surface area contributed by atoms with Crippen molar-refractivity contribution in [1.29, 1.82) is 0 Å². The van der Waals surface area contributed by atoms with Gasteiger partial charge in [0.1, 0.15) is 11.6 Å². The smallest absolute Gasteiger partial charge is 0.506 e. The van der Waals surface area contributed by atoms with Crippen LogP contribution in [0, 0.1) is 5.82 Å². The third kappa shape index (κ3) is 2.22. The van der Waals surface area contributed by atoms with Crippen molar-refractivity contribution in [3.63, 3.8) is 0 Å². The number of phenolic OH excluding ortho intramolecular Hbond substituents is 1. The van der Waals surface area contributed by atoms with E-state index in [1.807, 2.05) is 0 Å². The number of halogens is 5. The average molecular weight is 340 g/mol. The molecule has 0 aliphatic carbocycles. The summed E-state index contributed by atoms with van der Waals surface area (Å²) in [6.07, 6.45) is -4.02. The van der Waals surface area contributed by atoms with Crippen LogP contribution >= 0.6 is 11.6 Å². The first-order chi connectivity index (χ1) is 10.00. The van der Waals surface area contributed by atoms with Crippen molar-refractivity contribution in [3.05, 3.63) is 35.2 Å². The molecular weight excluding hydrogens is 332 g/mol. The zero-order valence-corrected chi connectivity index (χ0v) is 11.6.